The number of rotatable bonds is 5. The third kappa shape index (κ3) is 3.72. The van der Waals surface area contributed by atoms with E-state index in [-0.39, 0.29) is 6.61 Å². The quantitative estimate of drug-likeness (QED) is 0.735. The molecule has 0 aliphatic rings. The molecule has 1 aromatic carbocycles. The van der Waals surface area contributed by atoms with Gasteiger partial charge in [-0.05, 0) is 17.7 Å². The number of hydrogen-bond donors (Lipinski definition) is 1. The van der Waals surface area contributed by atoms with Crippen molar-refractivity contribution in [1.29, 1.82) is 0 Å². The summed E-state index contributed by atoms with van der Waals surface area (Å²) in [6, 6.07) is 7.18. The molecular weight excluding hydrogens is 185 g/mol. The van der Waals surface area contributed by atoms with E-state index in [1.54, 1.807) is 19.2 Å². The second-order valence-electron chi connectivity index (χ2n) is 3.00. The first-order chi connectivity index (χ1) is 6.72. The van der Waals surface area contributed by atoms with Crippen molar-refractivity contribution in [2.45, 2.75) is 6.54 Å². The molecule has 0 aliphatic heterocycles. The molecule has 0 bridgehead atoms. The largest absolute Gasteiger partial charge is 0.491 e. The van der Waals surface area contributed by atoms with Gasteiger partial charge in [0.25, 0.3) is 0 Å². The highest BCUT2D eigenvalue weighted by atomic mass is 19.1. The van der Waals surface area contributed by atoms with Crippen LogP contribution in [0.15, 0.2) is 24.3 Å². The highest BCUT2D eigenvalue weighted by Gasteiger charge is 1.97. The van der Waals surface area contributed by atoms with Gasteiger partial charge in [0.2, 0.25) is 0 Å². The Bertz CT molecular complexity index is 261. The number of ether oxygens (including phenoxy) is 1. The van der Waals surface area contributed by atoms with Gasteiger partial charge in [0.05, 0.1) is 0 Å². The normalized spacial score (nSPS) is 10.6. The number of halogens is 1. The van der Waals surface area contributed by atoms with E-state index < -0.39 is 6.67 Å². The fourth-order valence-electron chi connectivity index (χ4n) is 1.11. The van der Waals surface area contributed by atoms with Gasteiger partial charge in [-0.15, -0.1) is 0 Å². The monoisotopic (exact) mass is 199 g/mol. The van der Waals surface area contributed by atoms with Crippen molar-refractivity contribution in [3.8, 4) is 5.75 Å². The van der Waals surface area contributed by atoms with E-state index in [2.05, 4.69) is 0 Å². The predicted octanol–water partition coefficient (Wildman–Crippen LogP) is 1.86. The Hall–Kier alpha value is -1.13. The average Bonchev–Trinajstić information content (AvgIpc) is 2.16. The number of hydrogen-bond acceptors (Lipinski definition) is 3. The summed E-state index contributed by atoms with van der Waals surface area (Å²) in [6.07, 6.45) is 0. The van der Waals surface area contributed by atoms with Gasteiger partial charge in [0, 0.05) is 13.6 Å². The molecule has 0 saturated heterocycles. The first kappa shape index (κ1) is 10.9. The molecule has 0 heterocycles. The Kier molecular flexibility index (Phi) is 4.35. The van der Waals surface area contributed by atoms with Crippen molar-refractivity contribution >= 4 is 0 Å². The van der Waals surface area contributed by atoms with Gasteiger partial charge in [0.1, 0.15) is 19.0 Å². The number of nitrogens with zero attached hydrogens (tertiary/aromatic N) is 1. The molecule has 0 aromatic heterocycles. The van der Waals surface area contributed by atoms with Gasteiger partial charge in [-0.1, -0.05) is 12.1 Å². The van der Waals surface area contributed by atoms with Crippen LogP contribution in [-0.2, 0) is 6.54 Å². The molecule has 0 unspecified atom stereocenters. The van der Waals surface area contributed by atoms with E-state index in [1.807, 2.05) is 12.1 Å². The maximum Gasteiger partial charge on any atom is 0.123 e. The summed E-state index contributed by atoms with van der Waals surface area (Å²) in [5.74, 6) is 0.645. The zero-order valence-corrected chi connectivity index (χ0v) is 8.11. The molecule has 0 amide bonds. The molecule has 0 saturated carbocycles. The van der Waals surface area contributed by atoms with Crippen molar-refractivity contribution < 1.29 is 14.3 Å². The number of hydroxylamine groups is 2. The first-order valence-corrected chi connectivity index (χ1v) is 4.40. The Labute approximate surface area is 82.7 Å². The minimum atomic E-state index is -0.485. The van der Waals surface area contributed by atoms with Crippen LogP contribution in [0, 0.1) is 0 Å². The van der Waals surface area contributed by atoms with Crippen LogP contribution in [0.5, 0.6) is 5.75 Å². The molecule has 14 heavy (non-hydrogen) atoms. The number of alkyl halides is 1. The zero-order chi connectivity index (χ0) is 10.4. The SMILES string of the molecule is CN(O)Cc1ccc(OCCF)cc1. The van der Waals surface area contributed by atoms with Crippen LogP contribution in [0.1, 0.15) is 5.56 Å². The lowest BCUT2D eigenvalue weighted by molar-refractivity contribution is -0.0731. The summed E-state index contributed by atoms with van der Waals surface area (Å²) in [5.41, 5.74) is 0.975. The smallest absolute Gasteiger partial charge is 0.123 e. The maximum atomic E-state index is 11.8. The summed E-state index contributed by atoms with van der Waals surface area (Å²) in [4.78, 5) is 0. The standard InChI is InChI=1S/C10H14FNO2/c1-12(13)8-9-2-4-10(5-3-9)14-7-6-11/h2-5,13H,6-8H2,1H3. The van der Waals surface area contributed by atoms with Gasteiger partial charge in [-0.25, -0.2) is 4.39 Å². The Balaban J connectivity index is 2.50. The molecule has 0 spiro atoms. The topological polar surface area (TPSA) is 32.7 Å². The average molecular weight is 199 g/mol. The summed E-state index contributed by atoms with van der Waals surface area (Å²) in [5, 5.41) is 10.1. The third-order valence-electron chi connectivity index (χ3n) is 1.68. The molecule has 78 valence electrons. The highest BCUT2D eigenvalue weighted by molar-refractivity contribution is 5.27. The Morgan fingerprint density at radius 1 is 1.36 bits per heavy atom. The van der Waals surface area contributed by atoms with E-state index >= 15 is 0 Å². The third-order valence-corrected chi connectivity index (χ3v) is 1.68. The van der Waals surface area contributed by atoms with Crippen LogP contribution in [0.2, 0.25) is 0 Å². The second-order valence-corrected chi connectivity index (χ2v) is 3.00. The summed E-state index contributed by atoms with van der Waals surface area (Å²) < 4.78 is 16.8. The van der Waals surface area contributed by atoms with Gasteiger partial charge in [-0.3, -0.25) is 0 Å². The summed E-state index contributed by atoms with van der Waals surface area (Å²) in [7, 11) is 1.58. The molecule has 1 N–H and O–H groups in total. The van der Waals surface area contributed by atoms with Crippen LogP contribution < -0.4 is 4.74 Å². The van der Waals surface area contributed by atoms with E-state index in [0.29, 0.717) is 12.3 Å². The van der Waals surface area contributed by atoms with Crippen molar-refractivity contribution in [1.82, 2.24) is 5.06 Å². The fraction of sp³-hybridized carbons (Fsp3) is 0.400. The first-order valence-electron chi connectivity index (χ1n) is 4.40. The number of benzene rings is 1. The molecule has 1 rings (SSSR count). The summed E-state index contributed by atoms with van der Waals surface area (Å²) in [6.45, 7) is 0.0593. The van der Waals surface area contributed by atoms with Crippen molar-refractivity contribution in [2.24, 2.45) is 0 Å². The van der Waals surface area contributed by atoms with Crippen LogP contribution in [0.3, 0.4) is 0 Å². The molecule has 0 aliphatic carbocycles. The van der Waals surface area contributed by atoms with Crippen molar-refractivity contribution in [3.63, 3.8) is 0 Å². The maximum absolute atomic E-state index is 11.8. The molecule has 0 fully saturated rings. The van der Waals surface area contributed by atoms with Gasteiger partial charge >= 0.3 is 0 Å². The molecular formula is C10H14FNO2. The molecule has 0 radical (unpaired) electrons. The van der Waals surface area contributed by atoms with E-state index in [0.717, 1.165) is 10.6 Å². The van der Waals surface area contributed by atoms with E-state index in [4.69, 9.17) is 9.94 Å². The minimum absolute atomic E-state index is 0.0826. The van der Waals surface area contributed by atoms with Gasteiger partial charge in [-0.2, -0.15) is 5.06 Å². The van der Waals surface area contributed by atoms with E-state index in [9.17, 15) is 4.39 Å². The lowest BCUT2D eigenvalue weighted by Crippen LogP contribution is -2.11. The van der Waals surface area contributed by atoms with Crippen LogP contribution in [-0.4, -0.2) is 30.6 Å². The van der Waals surface area contributed by atoms with Crippen LogP contribution in [0.25, 0.3) is 0 Å². The molecule has 1 aromatic rings. The Morgan fingerprint density at radius 3 is 2.50 bits per heavy atom. The predicted molar refractivity (Wildman–Crippen MR) is 51.2 cm³/mol. The van der Waals surface area contributed by atoms with Crippen molar-refractivity contribution in [3.05, 3.63) is 29.8 Å². The molecule has 3 nitrogen and oxygen atoms in total. The zero-order valence-electron chi connectivity index (χ0n) is 8.11. The van der Waals surface area contributed by atoms with Crippen molar-refractivity contribution in [2.75, 3.05) is 20.3 Å². The van der Waals surface area contributed by atoms with Crippen LogP contribution >= 0.6 is 0 Å². The van der Waals surface area contributed by atoms with E-state index in [1.165, 1.54) is 0 Å². The Morgan fingerprint density at radius 2 is 2.00 bits per heavy atom. The highest BCUT2D eigenvalue weighted by Crippen LogP contribution is 2.12. The minimum Gasteiger partial charge on any atom is -0.491 e. The van der Waals surface area contributed by atoms with Gasteiger partial charge < -0.3 is 9.94 Å². The van der Waals surface area contributed by atoms with Gasteiger partial charge in [0.15, 0.2) is 0 Å². The lowest BCUT2D eigenvalue weighted by atomic mass is 10.2. The molecule has 0 atom stereocenters. The second kappa shape index (κ2) is 5.57. The lowest BCUT2D eigenvalue weighted by Gasteiger charge is -2.08. The molecule has 4 heteroatoms. The summed E-state index contributed by atoms with van der Waals surface area (Å²) >= 11 is 0. The van der Waals surface area contributed by atoms with Crippen LogP contribution in [0.4, 0.5) is 4.39 Å². The fourth-order valence-corrected chi connectivity index (χ4v) is 1.11.